The van der Waals surface area contributed by atoms with Crippen LogP contribution in [-0.2, 0) is 10.0 Å². The van der Waals surface area contributed by atoms with E-state index in [4.69, 9.17) is 0 Å². The lowest BCUT2D eigenvalue weighted by Crippen LogP contribution is -2.34. The summed E-state index contributed by atoms with van der Waals surface area (Å²) < 4.78 is 25.5. The van der Waals surface area contributed by atoms with Gasteiger partial charge < -0.3 is 5.32 Å². The fourth-order valence-corrected chi connectivity index (χ4v) is 1.95. The Hall–Kier alpha value is -1.14. The second-order valence-corrected chi connectivity index (χ2v) is 6.43. The minimum absolute atomic E-state index is 0.377. The van der Waals surface area contributed by atoms with Gasteiger partial charge in [0.25, 0.3) is 0 Å². The first-order valence-electron chi connectivity index (χ1n) is 5.56. The van der Waals surface area contributed by atoms with E-state index in [9.17, 15) is 8.42 Å². The van der Waals surface area contributed by atoms with Crippen LogP contribution in [0.25, 0.3) is 0 Å². The first-order valence-corrected chi connectivity index (χ1v) is 7.11. The Morgan fingerprint density at radius 1 is 1.35 bits per heavy atom. The van der Waals surface area contributed by atoms with Crippen LogP contribution in [0.5, 0.6) is 0 Å². The Bertz CT molecular complexity index is 458. The van der Waals surface area contributed by atoms with Crippen molar-refractivity contribution in [2.45, 2.75) is 26.0 Å². The summed E-state index contributed by atoms with van der Waals surface area (Å²) in [6, 6.07) is 1.87. The minimum Gasteiger partial charge on any atom is -0.383 e. The van der Waals surface area contributed by atoms with Gasteiger partial charge >= 0.3 is 0 Å². The summed E-state index contributed by atoms with van der Waals surface area (Å²) in [6.07, 6.45) is 3.47. The van der Waals surface area contributed by atoms with Crippen molar-refractivity contribution in [1.29, 1.82) is 0 Å². The zero-order valence-electron chi connectivity index (χ0n) is 10.4. The number of hydrogen-bond donors (Lipinski definition) is 2. The first-order chi connectivity index (χ1) is 7.93. The number of nitrogens with zero attached hydrogens (tertiary/aromatic N) is 1. The first kappa shape index (κ1) is 13.9. The highest BCUT2D eigenvalue weighted by Gasteiger charge is 2.13. The van der Waals surface area contributed by atoms with Crippen LogP contribution in [0, 0.1) is 6.92 Å². The monoisotopic (exact) mass is 257 g/mol. The Labute approximate surface area is 103 Å². The van der Waals surface area contributed by atoms with E-state index in [1.165, 1.54) is 0 Å². The van der Waals surface area contributed by atoms with Crippen LogP contribution >= 0.6 is 0 Å². The van der Waals surface area contributed by atoms with Crippen LogP contribution in [0.2, 0.25) is 0 Å². The molecule has 1 heterocycles. The van der Waals surface area contributed by atoms with Crippen molar-refractivity contribution >= 4 is 15.7 Å². The van der Waals surface area contributed by atoms with Crippen LogP contribution in [0.15, 0.2) is 18.5 Å². The fourth-order valence-electron chi connectivity index (χ4n) is 1.23. The van der Waals surface area contributed by atoms with Crippen LogP contribution in [-0.4, -0.2) is 31.7 Å². The van der Waals surface area contributed by atoms with Crippen molar-refractivity contribution in [3.63, 3.8) is 0 Å². The highest BCUT2D eigenvalue weighted by atomic mass is 32.2. The summed E-state index contributed by atoms with van der Waals surface area (Å²) in [5, 5.41) is 2.76. The lowest BCUT2D eigenvalue weighted by atomic mass is 10.2. The number of sulfonamides is 1. The van der Waals surface area contributed by atoms with Crippen molar-refractivity contribution in [2.75, 3.05) is 18.4 Å². The molecule has 1 aromatic heterocycles. The molecular weight excluding hydrogens is 238 g/mol. The molecule has 0 atom stereocenters. The predicted molar refractivity (Wildman–Crippen MR) is 69.5 cm³/mol. The molecule has 6 heteroatoms. The molecule has 0 saturated heterocycles. The average Bonchev–Trinajstić information content (AvgIpc) is 2.26. The molecule has 5 nitrogen and oxygen atoms in total. The molecule has 96 valence electrons. The van der Waals surface area contributed by atoms with Crippen LogP contribution in [0.4, 0.5) is 5.69 Å². The number of aromatic nitrogens is 1. The molecule has 2 N–H and O–H groups in total. The van der Waals surface area contributed by atoms with E-state index >= 15 is 0 Å². The smallest absolute Gasteiger partial charge is 0.213 e. The van der Waals surface area contributed by atoms with Crippen molar-refractivity contribution in [2.24, 2.45) is 0 Å². The molecule has 0 aliphatic heterocycles. The van der Waals surface area contributed by atoms with E-state index in [2.05, 4.69) is 15.0 Å². The molecule has 0 radical (unpaired) electrons. The summed E-state index contributed by atoms with van der Waals surface area (Å²) in [4.78, 5) is 3.98. The van der Waals surface area contributed by atoms with Crippen molar-refractivity contribution < 1.29 is 8.42 Å². The van der Waals surface area contributed by atoms with E-state index < -0.39 is 15.3 Å². The number of nitrogens with one attached hydrogen (secondary N) is 2. The van der Waals surface area contributed by atoms with Gasteiger partial charge in [0.05, 0.1) is 5.25 Å². The number of hydrogen-bond acceptors (Lipinski definition) is 4. The molecule has 0 saturated carbocycles. The summed E-state index contributed by atoms with van der Waals surface area (Å²) in [5.41, 5.74) is 2.02. The van der Waals surface area contributed by atoms with Gasteiger partial charge in [0, 0.05) is 31.2 Å². The van der Waals surface area contributed by atoms with Gasteiger partial charge in [-0.15, -0.1) is 0 Å². The van der Waals surface area contributed by atoms with Gasteiger partial charge in [-0.1, -0.05) is 0 Å². The summed E-state index contributed by atoms with van der Waals surface area (Å²) in [7, 11) is -3.17. The Balaban J connectivity index is 2.38. The van der Waals surface area contributed by atoms with Crippen LogP contribution < -0.4 is 10.0 Å². The van der Waals surface area contributed by atoms with E-state index in [1.54, 1.807) is 26.2 Å². The highest BCUT2D eigenvalue weighted by molar-refractivity contribution is 7.90. The largest absolute Gasteiger partial charge is 0.383 e. The third kappa shape index (κ3) is 4.32. The Kier molecular flexibility index (Phi) is 4.89. The average molecular weight is 257 g/mol. The molecule has 0 unspecified atom stereocenters. The normalized spacial score (nSPS) is 11.8. The van der Waals surface area contributed by atoms with Gasteiger partial charge in [0.1, 0.15) is 0 Å². The summed E-state index contributed by atoms with van der Waals surface area (Å²) in [6.45, 7) is 6.19. The van der Waals surface area contributed by atoms with E-state index in [0.717, 1.165) is 11.3 Å². The Morgan fingerprint density at radius 2 is 2.06 bits per heavy atom. The van der Waals surface area contributed by atoms with Gasteiger partial charge in [-0.3, -0.25) is 4.98 Å². The van der Waals surface area contributed by atoms with Gasteiger partial charge in [-0.25, -0.2) is 13.1 Å². The SMILES string of the molecule is Cc1cnccc1NCCNS(=O)(=O)C(C)C. The Morgan fingerprint density at radius 3 is 2.65 bits per heavy atom. The third-order valence-corrected chi connectivity index (χ3v) is 4.23. The molecule has 1 rings (SSSR count). The second kappa shape index (κ2) is 5.97. The maximum Gasteiger partial charge on any atom is 0.213 e. The number of rotatable bonds is 6. The van der Waals surface area contributed by atoms with E-state index in [-0.39, 0.29) is 0 Å². The summed E-state index contributed by atoms with van der Waals surface area (Å²) in [5.74, 6) is 0. The lowest BCUT2D eigenvalue weighted by molar-refractivity contribution is 0.574. The van der Waals surface area contributed by atoms with Gasteiger partial charge in [0.2, 0.25) is 10.0 Å². The van der Waals surface area contributed by atoms with Crippen molar-refractivity contribution in [1.82, 2.24) is 9.71 Å². The van der Waals surface area contributed by atoms with Gasteiger partial charge in [-0.05, 0) is 32.4 Å². The zero-order valence-corrected chi connectivity index (χ0v) is 11.2. The standard InChI is InChI=1S/C11H19N3O2S/c1-9(2)17(15,16)14-7-6-13-11-4-5-12-8-10(11)3/h4-5,8-9,14H,6-7H2,1-3H3,(H,12,13). The number of pyridine rings is 1. The second-order valence-electron chi connectivity index (χ2n) is 4.11. The molecule has 17 heavy (non-hydrogen) atoms. The molecule has 0 aromatic carbocycles. The number of aryl methyl sites for hydroxylation is 1. The summed E-state index contributed by atoms with van der Waals surface area (Å²) >= 11 is 0. The molecule has 1 aromatic rings. The van der Waals surface area contributed by atoms with E-state index in [0.29, 0.717) is 13.1 Å². The topological polar surface area (TPSA) is 71.1 Å². The molecule has 0 aliphatic carbocycles. The quantitative estimate of drug-likeness (QED) is 0.749. The van der Waals surface area contributed by atoms with Crippen molar-refractivity contribution in [3.05, 3.63) is 24.0 Å². The van der Waals surface area contributed by atoms with E-state index in [1.807, 2.05) is 13.0 Å². The highest BCUT2D eigenvalue weighted by Crippen LogP contribution is 2.10. The molecular formula is C11H19N3O2S. The fraction of sp³-hybridized carbons (Fsp3) is 0.545. The molecule has 0 fully saturated rings. The molecule has 0 bridgehead atoms. The number of anilines is 1. The molecule has 0 aliphatic rings. The van der Waals surface area contributed by atoms with Crippen molar-refractivity contribution in [3.8, 4) is 0 Å². The van der Waals surface area contributed by atoms with Crippen LogP contribution in [0.1, 0.15) is 19.4 Å². The third-order valence-electron chi connectivity index (χ3n) is 2.38. The molecule has 0 spiro atoms. The minimum atomic E-state index is -3.17. The van der Waals surface area contributed by atoms with Gasteiger partial charge in [0.15, 0.2) is 0 Å². The predicted octanol–water partition coefficient (Wildman–Crippen LogP) is 1.13. The lowest BCUT2D eigenvalue weighted by Gasteiger charge is -2.11. The molecule has 0 amide bonds. The maximum atomic E-state index is 11.5. The maximum absolute atomic E-state index is 11.5. The van der Waals surface area contributed by atoms with Gasteiger partial charge in [-0.2, -0.15) is 0 Å². The zero-order chi connectivity index (χ0) is 12.9. The van der Waals surface area contributed by atoms with Crippen LogP contribution in [0.3, 0.4) is 0 Å².